The Balaban J connectivity index is 1.20. The number of rotatable bonds is 6. The number of aromatic amines is 1. The number of nitrogens with one attached hydrogen (secondary N) is 1. The summed E-state index contributed by atoms with van der Waals surface area (Å²) in [6, 6.07) is 68.1. The van der Waals surface area contributed by atoms with Gasteiger partial charge >= 0.3 is 0 Å². The van der Waals surface area contributed by atoms with Gasteiger partial charge in [-0.25, -0.2) is 0 Å². The van der Waals surface area contributed by atoms with E-state index in [9.17, 15) is 0 Å². The third kappa shape index (κ3) is 5.18. The van der Waals surface area contributed by atoms with E-state index in [1.165, 1.54) is 64.3 Å². The summed E-state index contributed by atoms with van der Waals surface area (Å²) in [6.07, 6.45) is 0. The zero-order chi connectivity index (χ0) is 33.7. The topological polar surface area (TPSA) is 19.0 Å². The second-order valence-electron chi connectivity index (χ2n) is 13.1. The molecule has 0 spiro atoms. The van der Waals surface area contributed by atoms with Crippen LogP contribution in [0.15, 0.2) is 188 Å². The van der Waals surface area contributed by atoms with Gasteiger partial charge in [-0.3, -0.25) is 0 Å². The fourth-order valence-corrected chi connectivity index (χ4v) is 8.59. The Kier molecular flexibility index (Phi) is 7.04. The fourth-order valence-electron chi connectivity index (χ4n) is 7.50. The van der Waals surface area contributed by atoms with E-state index in [0.29, 0.717) is 0 Å². The van der Waals surface area contributed by atoms with Gasteiger partial charge in [0.25, 0.3) is 0 Å². The maximum Gasteiger partial charge on any atom is 0.0546 e. The summed E-state index contributed by atoms with van der Waals surface area (Å²) in [5, 5.41) is 5.03. The van der Waals surface area contributed by atoms with Crippen molar-refractivity contribution in [1.82, 2.24) is 4.98 Å². The van der Waals surface area contributed by atoms with Gasteiger partial charge in [-0.15, -0.1) is 11.3 Å². The summed E-state index contributed by atoms with van der Waals surface area (Å²) in [6.45, 7) is 0. The first-order chi connectivity index (χ1) is 25.3. The maximum absolute atomic E-state index is 3.81. The minimum absolute atomic E-state index is 1.10. The molecule has 2 heterocycles. The molecule has 0 amide bonds. The summed E-state index contributed by atoms with van der Waals surface area (Å²) in [5.41, 5.74) is 12.8. The molecular weight excluding hydrogens is 637 g/mol. The van der Waals surface area contributed by atoms with E-state index in [4.69, 9.17) is 0 Å². The van der Waals surface area contributed by atoms with Crippen molar-refractivity contribution in [1.29, 1.82) is 0 Å². The van der Waals surface area contributed by atoms with Crippen molar-refractivity contribution in [2.24, 2.45) is 0 Å². The molecule has 0 fully saturated rings. The molecule has 2 nitrogen and oxygen atoms in total. The van der Waals surface area contributed by atoms with Gasteiger partial charge in [0.1, 0.15) is 0 Å². The quantitative estimate of drug-likeness (QED) is 0.187. The molecule has 10 aromatic rings. The number of benzene rings is 8. The molecule has 10 rings (SSSR count). The van der Waals surface area contributed by atoms with Gasteiger partial charge in [0.2, 0.25) is 0 Å². The van der Waals surface area contributed by atoms with Crippen LogP contribution in [0.25, 0.3) is 75.4 Å². The molecule has 0 aliphatic heterocycles. The highest BCUT2D eigenvalue weighted by Gasteiger charge is 2.19. The molecule has 0 unspecified atom stereocenters. The van der Waals surface area contributed by atoms with Gasteiger partial charge in [0.05, 0.1) is 5.52 Å². The average Bonchev–Trinajstić information content (AvgIpc) is 3.77. The minimum atomic E-state index is 1.10. The van der Waals surface area contributed by atoms with Crippen molar-refractivity contribution in [3.63, 3.8) is 0 Å². The fraction of sp³-hybridized carbons (Fsp3) is 0. The summed E-state index contributed by atoms with van der Waals surface area (Å²) in [7, 11) is 0. The highest BCUT2D eigenvalue weighted by molar-refractivity contribution is 7.25. The molecule has 0 aliphatic carbocycles. The van der Waals surface area contributed by atoms with E-state index >= 15 is 0 Å². The lowest BCUT2D eigenvalue weighted by atomic mass is 9.98. The van der Waals surface area contributed by atoms with Crippen LogP contribution in [0.4, 0.5) is 17.1 Å². The number of hydrogen-bond acceptors (Lipinski definition) is 2. The van der Waals surface area contributed by atoms with Crippen LogP contribution in [-0.4, -0.2) is 4.98 Å². The Morgan fingerprint density at radius 2 is 0.882 bits per heavy atom. The zero-order valence-electron chi connectivity index (χ0n) is 27.8. The number of hydrogen-bond donors (Lipinski definition) is 1. The van der Waals surface area contributed by atoms with Gasteiger partial charge in [0.15, 0.2) is 0 Å². The van der Waals surface area contributed by atoms with E-state index in [2.05, 4.69) is 198 Å². The van der Waals surface area contributed by atoms with Crippen molar-refractivity contribution in [3.05, 3.63) is 188 Å². The Morgan fingerprint density at radius 3 is 1.55 bits per heavy atom. The van der Waals surface area contributed by atoms with Crippen LogP contribution in [0.1, 0.15) is 0 Å². The lowest BCUT2D eigenvalue weighted by Crippen LogP contribution is -2.10. The first-order valence-corrected chi connectivity index (χ1v) is 18.2. The Morgan fingerprint density at radius 1 is 0.353 bits per heavy atom. The smallest absolute Gasteiger partial charge is 0.0546 e. The number of anilines is 3. The second-order valence-corrected chi connectivity index (χ2v) is 14.1. The number of nitrogens with zero attached hydrogens (tertiary/aromatic N) is 1. The molecule has 0 atom stereocenters. The van der Waals surface area contributed by atoms with E-state index in [-0.39, 0.29) is 0 Å². The third-order valence-electron chi connectivity index (χ3n) is 10.0. The largest absolute Gasteiger partial charge is 0.354 e. The molecule has 8 aromatic carbocycles. The summed E-state index contributed by atoms with van der Waals surface area (Å²) >= 11 is 1.86. The highest BCUT2D eigenvalue weighted by Crippen LogP contribution is 2.44. The van der Waals surface area contributed by atoms with Gasteiger partial charge in [0, 0.05) is 59.1 Å². The highest BCUT2D eigenvalue weighted by atomic mass is 32.1. The Hall–Kier alpha value is -6.42. The average molecular weight is 669 g/mol. The minimum Gasteiger partial charge on any atom is -0.354 e. The summed E-state index contributed by atoms with van der Waals surface area (Å²) in [5.74, 6) is 0. The zero-order valence-corrected chi connectivity index (χ0v) is 28.6. The van der Waals surface area contributed by atoms with Crippen LogP contribution >= 0.6 is 11.3 Å². The van der Waals surface area contributed by atoms with Gasteiger partial charge in [-0.05, 0) is 88.5 Å². The first-order valence-electron chi connectivity index (χ1n) is 17.3. The van der Waals surface area contributed by atoms with Crippen molar-refractivity contribution in [2.45, 2.75) is 0 Å². The standard InChI is InChI=1S/C48H32N2S/c1-3-11-32(12-4-1)34-19-24-37(25-20-34)50(38-26-21-35(22-27-38)33-13-5-2-6-14-33)39-30-42(48-44(31-39)40-15-7-9-17-45(40)49-48)36-23-28-47-43(29-36)41-16-8-10-18-46(41)51-47/h1-31,49H. The number of para-hydroxylation sites is 1. The molecule has 0 aliphatic rings. The molecule has 0 radical (unpaired) electrons. The van der Waals surface area contributed by atoms with Gasteiger partial charge in [-0.1, -0.05) is 127 Å². The van der Waals surface area contributed by atoms with Crippen LogP contribution in [0.3, 0.4) is 0 Å². The lowest BCUT2D eigenvalue weighted by molar-refractivity contribution is 1.29. The molecule has 0 saturated carbocycles. The molecule has 1 N–H and O–H groups in total. The number of thiophene rings is 1. The molecular formula is C48H32N2S. The normalized spacial score (nSPS) is 11.5. The molecule has 240 valence electrons. The molecule has 2 aromatic heterocycles. The predicted molar refractivity (Wildman–Crippen MR) is 220 cm³/mol. The Labute approximate surface area is 300 Å². The summed E-state index contributed by atoms with van der Waals surface area (Å²) in [4.78, 5) is 6.20. The van der Waals surface area contributed by atoms with Crippen LogP contribution in [0, 0.1) is 0 Å². The molecule has 0 saturated heterocycles. The van der Waals surface area contributed by atoms with Crippen LogP contribution < -0.4 is 4.90 Å². The molecule has 3 heteroatoms. The van der Waals surface area contributed by atoms with Crippen molar-refractivity contribution >= 4 is 70.4 Å². The van der Waals surface area contributed by atoms with Crippen molar-refractivity contribution in [2.75, 3.05) is 4.90 Å². The molecule has 0 bridgehead atoms. The van der Waals surface area contributed by atoms with Crippen LogP contribution in [0.2, 0.25) is 0 Å². The van der Waals surface area contributed by atoms with E-state index in [0.717, 1.165) is 28.1 Å². The van der Waals surface area contributed by atoms with Crippen LogP contribution in [0.5, 0.6) is 0 Å². The SMILES string of the molecule is c1ccc(-c2ccc(N(c3ccc(-c4ccccc4)cc3)c3cc(-c4ccc5sc6ccccc6c5c4)c4[nH]c5ccccc5c4c3)cc2)cc1. The number of H-pyrrole nitrogens is 1. The van der Waals surface area contributed by atoms with Crippen molar-refractivity contribution < 1.29 is 0 Å². The van der Waals surface area contributed by atoms with Gasteiger partial charge < -0.3 is 9.88 Å². The van der Waals surface area contributed by atoms with E-state index in [1.54, 1.807) is 0 Å². The van der Waals surface area contributed by atoms with E-state index in [1.807, 2.05) is 11.3 Å². The predicted octanol–water partition coefficient (Wildman–Crippen LogP) is 14.2. The van der Waals surface area contributed by atoms with E-state index < -0.39 is 0 Å². The number of fused-ring (bicyclic) bond motifs is 6. The molecule has 51 heavy (non-hydrogen) atoms. The second kappa shape index (κ2) is 12.2. The van der Waals surface area contributed by atoms with Gasteiger partial charge in [-0.2, -0.15) is 0 Å². The van der Waals surface area contributed by atoms with Crippen LogP contribution in [-0.2, 0) is 0 Å². The lowest BCUT2D eigenvalue weighted by Gasteiger charge is -2.27. The maximum atomic E-state index is 3.81. The number of aromatic nitrogens is 1. The third-order valence-corrected chi connectivity index (χ3v) is 11.2. The van der Waals surface area contributed by atoms with Crippen molar-refractivity contribution in [3.8, 4) is 33.4 Å². The monoisotopic (exact) mass is 668 g/mol. The first kappa shape index (κ1) is 29.5. The Bertz CT molecular complexity index is 2750. The summed E-state index contributed by atoms with van der Waals surface area (Å²) < 4.78 is 2.63.